The summed E-state index contributed by atoms with van der Waals surface area (Å²) < 4.78 is 0. The van der Waals surface area contributed by atoms with E-state index in [0.717, 1.165) is 13.0 Å². The molecule has 0 aliphatic heterocycles. The van der Waals surface area contributed by atoms with Crippen LogP contribution >= 0.6 is 0 Å². The van der Waals surface area contributed by atoms with Crippen molar-refractivity contribution >= 4 is 0 Å². The van der Waals surface area contributed by atoms with Crippen molar-refractivity contribution in [3.63, 3.8) is 0 Å². The minimum Gasteiger partial charge on any atom is -0.299 e. The maximum Gasteiger partial charge on any atom is 0.0102 e. The molecule has 124 valence electrons. The zero-order valence-electron chi connectivity index (χ0n) is 15.3. The van der Waals surface area contributed by atoms with Gasteiger partial charge in [0.1, 0.15) is 0 Å². The molecular formula is C22H31N. The molecule has 1 nitrogen and oxygen atoms in total. The van der Waals surface area contributed by atoms with Gasteiger partial charge < -0.3 is 0 Å². The monoisotopic (exact) mass is 309 g/mol. The van der Waals surface area contributed by atoms with Gasteiger partial charge in [-0.3, -0.25) is 4.90 Å². The third-order valence-electron chi connectivity index (χ3n) is 4.65. The van der Waals surface area contributed by atoms with E-state index >= 15 is 0 Å². The van der Waals surface area contributed by atoms with Gasteiger partial charge in [-0.2, -0.15) is 0 Å². The third-order valence-corrected chi connectivity index (χ3v) is 4.65. The highest BCUT2D eigenvalue weighted by atomic mass is 15.2. The number of hydrogen-bond donors (Lipinski definition) is 0. The standard InChI is InChI=1S/C22H31N/c1-17(2)23(18(3)4)15-14-22(20-11-7-6-8-12-20)21-13-9-10-19(5)16-21/h6-13,16-18,22H,14-15H2,1-5H3/t22-/m0/s1. The molecule has 0 N–H and O–H groups in total. The minimum absolute atomic E-state index is 0.469. The fraction of sp³-hybridized carbons (Fsp3) is 0.455. The molecule has 1 heteroatoms. The first kappa shape index (κ1) is 17.7. The van der Waals surface area contributed by atoms with E-state index in [4.69, 9.17) is 0 Å². The average molecular weight is 309 g/mol. The van der Waals surface area contributed by atoms with Crippen molar-refractivity contribution in [2.24, 2.45) is 0 Å². The summed E-state index contributed by atoms with van der Waals surface area (Å²) in [5, 5.41) is 0. The van der Waals surface area contributed by atoms with Gasteiger partial charge in [-0.1, -0.05) is 60.2 Å². The number of rotatable bonds is 7. The molecule has 0 heterocycles. The molecule has 0 aliphatic carbocycles. The number of hydrogen-bond acceptors (Lipinski definition) is 1. The molecule has 2 aromatic carbocycles. The summed E-state index contributed by atoms with van der Waals surface area (Å²) in [6.45, 7) is 12.5. The van der Waals surface area contributed by atoms with Gasteiger partial charge in [0.15, 0.2) is 0 Å². The highest BCUT2D eigenvalue weighted by molar-refractivity contribution is 5.34. The second-order valence-corrected chi connectivity index (χ2v) is 7.09. The fourth-order valence-electron chi connectivity index (χ4n) is 3.49. The van der Waals surface area contributed by atoms with Crippen LogP contribution in [0.5, 0.6) is 0 Å². The highest BCUT2D eigenvalue weighted by Crippen LogP contribution is 2.29. The van der Waals surface area contributed by atoms with Gasteiger partial charge >= 0.3 is 0 Å². The van der Waals surface area contributed by atoms with Crippen LogP contribution in [0.15, 0.2) is 54.6 Å². The van der Waals surface area contributed by atoms with Crippen molar-refractivity contribution in [1.29, 1.82) is 0 Å². The SMILES string of the molecule is Cc1cccc([C@@H](CCN(C(C)C)C(C)C)c2ccccc2)c1. The second-order valence-electron chi connectivity index (χ2n) is 7.09. The summed E-state index contributed by atoms with van der Waals surface area (Å²) in [7, 11) is 0. The van der Waals surface area contributed by atoms with Crippen LogP contribution in [0.25, 0.3) is 0 Å². The zero-order valence-corrected chi connectivity index (χ0v) is 15.3. The Hall–Kier alpha value is -1.60. The van der Waals surface area contributed by atoms with Crippen LogP contribution in [-0.2, 0) is 0 Å². The first-order valence-electron chi connectivity index (χ1n) is 8.86. The molecule has 2 aromatic rings. The fourth-order valence-corrected chi connectivity index (χ4v) is 3.49. The molecule has 0 spiro atoms. The van der Waals surface area contributed by atoms with Crippen molar-refractivity contribution in [3.05, 3.63) is 71.3 Å². The Morgan fingerprint density at radius 2 is 1.39 bits per heavy atom. The number of nitrogens with zero attached hydrogens (tertiary/aromatic N) is 1. The lowest BCUT2D eigenvalue weighted by molar-refractivity contribution is 0.170. The Balaban J connectivity index is 2.24. The molecule has 0 unspecified atom stereocenters. The topological polar surface area (TPSA) is 3.24 Å². The lowest BCUT2D eigenvalue weighted by Crippen LogP contribution is -2.38. The molecule has 0 aliphatic rings. The molecule has 23 heavy (non-hydrogen) atoms. The molecular weight excluding hydrogens is 278 g/mol. The predicted octanol–water partition coefficient (Wildman–Crippen LogP) is 5.64. The van der Waals surface area contributed by atoms with Crippen molar-refractivity contribution in [2.45, 2.75) is 59.0 Å². The highest BCUT2D eigenvalue weighted by Gasteiger charge is 2.19. The zero-order chi connectivity index (χ0) is 16.8. The molecule has 0 bridgehead atoms. The summed E-state index contributed by atoms with van der Waals surface area (Å²) >= 11 is 0. The normalized spacial score (nSPS) is 13.0. The van der Waals surface area contributed by atoms with E-state index in [9.17, 15) is 0 Å². The molecule has 0 fully saturated rings. The smallest absolute Gasteiger partial charge is 0.0102 e. The van der Waals surface area contributed by atoms with Crippen molar-refractivity contribution in [2.75, 3.05) is 6.54 Å². The quantitative estimate of drug-likeness (QED) is 0.640. The number of aryl methyl sites for hydroxylation is 1. The van der Waals surface area contributed by atoms with Crippen molar-refractivity contribution < 1.29 is 0 Å². The van der Waals surface area contributed by atoms with E-state index in [2.05, 4.69) is 94.1 Å². The largest absolute Gasteiger partial charge is 0.299 e. The van der Waals surface area contributed by atoms with Gasteiger partial charge in [-0.05, 0) is 58.7 Å². The third kappa shape index (κ3) is 4.94. The van der Waals surface area contributed by atoms with Crippen molar-refractivity contribution in [3.8, 4) is 0 Å². The van der Waals surface area contributed by atoms with Gasteiger partial charge in [0.25, 0.3) is 0 Å². The van der Waals surface area contributed by atoms with E-state index < -0.39 is 0 Å². The lowest BCUT2D eigenvalue weighted by Gasteiger charge is -2.32. The maximum absolute atomic E-state index is 2.59. The summed E-state index contributed by atoms with van der Waals surface area (Å²) in [5.41, 5.74) is 4.20. The van der Waals surface area contributed by atoms with Crippen LogP contribution in [0.2, 0.25) is 0 Å². The Kier molecular flexibility index (Phi) is 6.41. The summed E-state index contributed by atoms with van der Waals surface area (Å²) in [6, 6.07) is 21.1. The van der Waals surface area contributed by atoms with Crippen molar-refractivity contribution in [1.82, 2.24) is 4.90 Å². The van der Waals surface area contributed by atoms with Crippen LogP contribution in [0, 0.1) is 6.92 Å². The van der Waals surface area contributed by atoms with Gasteiger partial charge in [-0.15, -0.1) is 0 Å². The summed E-state index contributed by atoms with van der Waals surface area (Å²) in [5.74, 6) is 0.469. The Morgan fingerprint density at radius 1 is 0.783 bits per heavy atom. The van der Waals surface area contributed by atoms with E-state index in [1.807, 2.05) is 0 Å². The van der Waals surface area contributed by atoms with Crippen LogP contribution < -0.4 is 0 Å². The van der Waals surface area contributed by atoms with Gasteiger partial charge in [0.2, 0.25) is 0 Å². The Labute approximate surface area is 142 Å². The number of benzene rings is 2. The van der Waals surface area contributed by atoms with Gasteiger partial charge in [-0.25, -0.2) is 0 Å². The first-order chi connectivity index (χ1) is 11.0. The predicted molar refractivity (Wildman–Crippen MR) is 101 cm³/mol. The van der Waals surface area contributed by atoms with Crippen LogP contribution in [0.3, 0.4) is 0 Å². The van der Waals surface area contributed by atoms with E-state index in [1.165, 1.54) is 16.7 Å². The summed E-state index contributed by atoms with van der Waals surface area (Å²) in [6.07, 6.45) is 1.16. The molecule has 0 aromatic heterocycles. The van der Waals surface area contributed by atoms with E-state index in [1.54, 1.807) is 0 Å². The molecule has 0 radical (unpaired) electrons. The maximum atomic E-state index is 2.59. The molecule has 2 rings (SSSR count). The Bertz CT molecular complexity index is 578. The van der Waals surface area contributed by atoms with Crippen LogP contribution in [0.4, 0.5) is 0 Å². The lowest BCUT2D eigenvalue weighted by atomic mass is 9.87. The molecule has 0 saturated heterocycles. The van der Waals surface area contributed by atoms with Gasteiger partial charge in [0, 0.05) is 18.0 Å². The van der Waals surface area contributed by atoms with E-state index in [-0.39, 0.29) is 0 Å². The van der Waals surface area contributed by atoms with Gasteiger partial charge in [0.05, 0.1) is 0 Å². The second kappa shape index (κ2) is 8.31. The Morgan fingerprint density at radius 3 is 1.96 bits per heavy atom. The van der Waals surface area contributed by atoms with Crippen LogP contribution in [0.1, 0.15) is 56.7 Å². The minimum atomic E-state index is 0.469. The average Bonchev–Trinajstić information content (AvgIpc) is 2.51. The van der Waals surface area contributed by atoms with Crippen LogP contribution in [-0.4, -0.2) is 23.5 Å². The molecule has 0 saturated carbocycles. The molecule has 0 amide bonds. The van der Waals surface area contributed by atoms with E-state index in [0.29, 0.717) is 18.0 Å². The first-order valence-corrected chi connectivity index (χ1v) is 8.86. The molecule has 1 atom stereocenters. The summed E-state index contributed by atoms with van der Waals surface area (Å²) in [4.78, 5) is 2.59.